The Balaban J connectivity index is 2.03. The molecule has 42 heavy (non-hydrogen) atoms. The summed E-state index contributed by atoms with van der Waals surface area (Å²) in [4.78, 5) is 0. The molecule has 0 heterocycles. The largest absolute Gasteiger partial charge is 0.497 e. The predicted octanol–water partition coefficient (Wildman–Crippen LogP) is 7.77. The van der Waals surface area contributed by atoms with Crippen molar-refractivity contribution in [2.24, 2.45) is 0 Å². The maximum Gasteiger partial charge on any atom is 0.192 e. The smallest absolute Gasteiger partial charge is 0.192 e. The summed E-state index contributed by atoms with van der Waals surface area (Å²) in [5.41, 5.74) is 2.23. The van der Waals surface area contributed by atoms with Crippen molar-refractivity contribution < 1.29 is 32.8 Å². The molecule has 2 aromatic carbocycles. The summed E-state index contributed by atoms with van der Waals surface area (Å²) in [6, 6.07) is 18.2. The summed E-state index contributed by atoms with van der Waals surface area (Å²) in [5.74, 6) is 0.835. The van der Waals surface area contributed by atoms with Crippen LogP contribution in [0.25, 0.3) is 0 Å². The number of benzene rings is 2. The van der Waals surface area contributed by atoms with E-state index < -0.39 is 8.32 Å². The summed E-state index contributed by atoms with van der Waals surface area (Å²) < 4.78 is 41.9. The first-order valence-electron chi connectivity index (χ1n) is 15.2. The van der Waals surface area contributed by atoms with Crippen LogP contribution in [0, 0.1) is 0 Å². The highest BCUT2D eigenvalue weighted by Crippen LogP contribution is 2.37. The van der Waals surface area contributed by atoms with Gasteiger partial charge in [0, 0.05) is 33.4 Å². The zero-order valence-corrected chi connectivity index (χ0v) is 28.5. The summed E-state index contributed by atoms with van der Waals surface area (Å²) in [5, 5.41) is 0.174. The quantitative estimate of drug-likeness (QED) is 0.0819. The first-order chi connectivity index (χ1) is 20.0. The minimum absolute atomic E-state index is 0.0524. The lowest BCUT2D eigenvalue weighted by molar-refractivity contribution is -0.122. The standard InChI is InChI=1S/C34H56O7Si/c1-27(41-42(8,9)34(2,3)4)15-18-31(40-26-35-5)23-33(37-7)32(39-25-28-13-11-10-12-14-28)21-22-38-24-29-16-19-30(36-6)20-17-29/h10-14,16-17,19-20,27,31-33H,15,18,21-26H2,1-9H3/t27-,31-,32+,33+/m1/s1. The molecule has 0 N–H and O–H groups in total. The average Bonchev–Trinajstić information content (AvgIpc) is 2.96. The van der Waals surface area contributed by atoms with Crippen LogP contribution in [0.15, 0.2) is 54.6 Å². The maximum atomic E-state index is 6.61. The molecule has 7 nitrogen and oxygen atoms in total. The van der Waals surface area contributed by atoms with Gasteiger partial charge in [0.15, 0.2) is 8.32 Å². The van der Waals surface area contributed by atoms with Crippen molar-refractivity contribution in [3.8, 4) is 5.75 Å². The zero-order valence-electron chi connectivity index (χ0n) is 27.5. The fraction of sp³-hybridized carbons (Fsp3) is 0.647. The van der Waals surface area contributed by atoms with Gasteiger partial charge in [-0.1, -0.05) is 63.2 Å². The zero-order chi connectivity index (χ0) is 31.0. The molecular formula is C34H56O7Si. The molecule has 0 bridgehead atoms. The molecule has 0 amide bonds. The normalized spacial score (nSPS) is 15.3. The van der Waals surface area contributed by atoms with Crippen molar-refractivity contribution in [2.45, 2.75) is 109 Å². The van der Waals surface area contributed by atoms with Crippen molar-refractivity contribution in [1.29, 1.82) is 0 Å². The van der Waals surface area contributed by atoms with Gasteiger partial charge in [-0.25, -0.2) is 0 Å². The van der Waals surface area contributed by atoms with E-state index in [4.69, 9.17) is 32.8 Å². The topological polar surface area (TPSA) is 64.6 Å². The molecule has 238 valence electrons. The van der Waals surface area contributed by atoms with Crippen molar-refractivity contribution in [2.75, 3.05) is 34.7 Å². The molecule has 2 aromatic rings. The fourth-order valence-electron chi connectivity index (χ4n) is 4.52. The molecule has 0 saturated carbocycles. The molecule has 4 atom stereocenters. The van der Waals surface area contributed by atoms with Crippen LogP contribution in [-0.4, -0.2) is 67.5 Å². The summed E-state index contributed by atoms with van der Waals surface area (Å²) in [7, 11) is 3.23. The van der Waals surface area contributed by atoms with Crippen LogP contribution < -0.4 is 4.74 Å². The van der Waals surface area contributed by atoms with E-state index in [1.807, 2.05) is 42.5 Å². The van der Waals surface area contributed by atoms with Gasteiger partial charge >= 0.3 is 0 Å². The predicted molar refractivity (Wildman–Crippen MR) is 171 cm³/mol. The third kappa shape index (κ3) is 13.2. The molecule has 0 spiro atoms. The van der Waals surface area contributed by atoms with Gasteiger partial charge in [0.2, 0.25) is 0 Å². The van der Waals surface area contributed by atoms with Gasteiger partial charge in [-0.05, 0) is 67.6 Å². The molecular weight excluding hydrogens is 548 g/mol. The van der Waals surface area contributed by atoms with Crippen LogP contribution in [0.3, 0.4) is 0 Å². The number of hydrogen-bond acceptors (Lipinski definition) is 7. The second-order valence-corrected chi connectivity index (χ2v) is 17.3. The van der Waals surface area contributed by atoms with E-state index in [-0.39, 0.29) is 36.2 Å². The van der Waals surface area contributed by atoms with E-state index in [0.29, 0.717) is 32.7 Å². The molecule has 0 aliphatic heterocycles. The fourth-order valence-corrected chi connectivity index (χ4v) is 5.99. The Hall–Kier alpha value is -1.78. The average molecular weight is 605 g/mol. The van der Waals surface area contributed by atoms with Gasteiger partial charge in [0.05, 0.1) is 38.6 Å². The number of rotatable bonds is 21. The molecule has 0 aromatic heterocycles. The lowest BCUT2D eigenvalue weighted by Crippen LogP contribution is -2.43. The van der Waals surface area contributed by atoms with Gasteiger partial charge < -0.3 is 32.8 Å². The highest BCUT2D eigenvalue weighted by atomic mass is 28.4. The Morgan fingerprint density at radius 1 is 0.762 bits per heavy atom. The monoisotopic (exact) mass is 604 g/mol. The Morgan fingerprint density at radius 2 is 1.43 bits per heavy atom. The van der Waals surface area contributed by atoms with Crippen LogP contribution in [0.5, 0.6) is 5.75 Å². The van der Waals surface area contributed by atoms with E-state index in [2.05, 4.69) is 52.9 Å². The Kier molecular flexibility index (Phi) is 16.3. The first-order valence-corrected chi connectivity index (χ1v) is 18.1. The Labute approximate surface area is 256 Å². The molecule has 0 fully saturated rings. The van der Waals surface area contributed by atoms with Crippen LogP contribution in [0.4, 0.5) is 0 Å². The molecule has 0 saturated heterocycles. The van der Waals surface area contributed by atoms with Crippen LogP contribution in [-0.2, 0) is 41.3 Å². The Bertz CT molecular complexity index is 962. The SMILES string of the molecule is COCO[C@H](CC[C@@H](C)O[Si](C)(C)C(C)(C)C)C[C@H](OC)[C@H](CCOCc1ccc(OC)cc1)OCc1ccccc1. The van der Waals surface area contributed by atoms with Crippen LogP contribution in [0.2, 0.25) is 18.1 Å². The minimum atomic E-state index is -1.84. The third-order valence-electron chi connectivity index (χ3n) is 8.11. The molecule has 0 radical (unpaired) electrons. The van der Waals surface area contributed by atoms with Gasteiger partial charge in [0.1, 0.15) is 12.5 Å². The van der Waals surface area contributed by atoms with E-state index in [9.17, 15) is 0 Å². The second kappa shape index (κ2) is 18.8. The van der Waals surface area contributed by atoms with Gasteiger partial charge in [-0.15, -0.1) is 0 Å². The molecule has 2 rings (SSSR count). The van der Waals surface area contributed by atoms with Crippen molar-refractivity contribution >= 4 is 8.32 Å². The minimum Gasteiger partial charge on any atom is -0.497 e. The van der Waals surface area contributed by atoms with Crippen LogP contribution >= 0.6 is 0 Å². The van der Waals surface area contributed by atoms with E-state index in [1.165, 1.54) is 0 Å². The maximum absolute atomic E-state index is 6.61. The molecule has 0 aliphatic rings. The molecule has 0 aliphatic carbocycles. The second-order valence-electron chi connectivity index (χ2n) is 12.5. The lowest BCUT2D eigenvalue weighted by atomic mass is 9.99. The summed E-state index contributed by atoms with van der Waals surface area (Å²) in [6.45, 7) is 15.4. The Morgan fingerprint density at radius 3 is 2.02 bits per heavy atom. The lowest BCUT2D eigenvalue weighted by Gasteiger charge is -2.38. The van der Waals surface area contributed by atoms with Gasteiger partial charge in [0.25, 0.3) is 0 Å². The highest BCUT2D eigenvalue weighted by molar-refractivity contribution is 6.74. The van der Waals surface area contributed by atoms with E-state index in [0.717, 1.165) is 29.7 Å². The van der Waals surface area contributed by atoms with Crippen molar-refractivity contribution in [3.63, 3.8) is 0 Å². The van der Waals surface area contributed by atoms with Gasteiger partial charge in [-0.2, -0.15) is 0 Å². The third-order valence-corrected chi connectivity index (χ3v) is 12.7. The van der Waals surface area contributed by atoms with Crippen molar-refractivity contribution in [3.05, 3.63) is 65.7 Å². The van der Waals surface area contributed by atoms with Gasteiger partial charge in [-0.3, -0.25) is 0 Å². The first kappa shape index (κ1) is 36.4. The number of hydrogen-bond donors (Lipinski definition) is 0. The molecule has 8 heteroatoms. The van der Waals surface area contributed by atoms with E-state index in [1.54, 1.807) is 21.3 Å². The van der Waals surface area contributed by atoms with Crippen molar-refractivity contribution in [1.82, 2.24) is 0 Å². The van der Waals surface area contributed by atoms with E-state index >= 15 is 0 Å². The summed E-state index contributed by atoms with van der Waals surface area (Å²) in [6.07, 6.45) is 2.89. The molecule has 0 unspecified atom stereocenters. The number of methoxy groups -OCH3 is 3. The highest BCUT2D eigenvalue weighted by Gasteiger charge is 2.38. The summed E-state index contributed by atoms with van der Waals surface area (Å²) >= 11 is 0. The van der Waals surface area contributed by atoms with Crippen LogP contribution in [0.1, 0.15) is 64.5 Å². The number of ether oxygens (including phenoxy) is 6.